The lowest BCUT2D eigenvalue weighted by Gasteiger charge is -2.25. The summed E-state index contributed by atoms with van der Waals surface area (Å²) >= 11 is 15.4. The zero-order valence-electron chi connectivity index (χ0n) is 21.1. The molecule has 0 saturated carbocycles. The Morgan fingerprint density at radius 3 is 2.11 bits per heavy atom. The highest BCUT2D eigenvalue weighted by Gasteiger charge is 2.20. The molecule has 2 aliphatic heterocycles. The van der Waals surface area contributed by atoms with Crippen LogP contribution < -0.4 is 10.0 Å². The third kappa shape index (κ3) is 9.84. The van der Waals surface area contributed by atoms with Crippen LogP contribution in [0.1, 0.15) is 12.0 Å². The summed E-state index contributed by atoms with van der Waals surface area (Å²) in [6.07, 6.45) is 0.865. The average molecular weight is 588 g/mol. The van der Waals surface area contributed by atoms with E-state index in [1.54, 1.807) is 0 Å². The van der Waals surface area contributed by atoms with Crippen LogP contribution in [-0.2, 0) is 0 Å². The number of halogens is 2. The third-order valence-electron chi connectivity index (χ3n) is 5.67. The van der Waals surface area contributed by atoms with Crippen molar-refractivity contribution in [3.8, 4) is 0 Å². The molecule has 0 atom stereocenters. The zero-order chi connectivity index (χ0) is 26.4. The Morgan fingerprint density at radius 2 is 1.47 bits per heavy atom. The molecular formula is C28H32Cl2N6S2. The van der Waals surface area contributed by atoms with Crippen LogP contribution in [0.2, 0.25) is 10.0 Å². The van der Waals surface area contributed by atoms with E-state index in [4.69, 9.17) is 33.3 Å². The number of hydrogen-bond acceptors (Lipinski definition) is 6. The van der Waals surface area contributed by atoms with E-state index >= 15 is 0 Å². The van der Waals surface area contributed by atoms with Crippen LogP contribution in [0.5, 0.6) is 0 Å². The van der Waals surface area contributed by atoms with Gasteiger partial charge in [0.2, 0.25) is 5.96 Å². The molecule has 2 heterocycles. The number of piperazine rings is 1. The van der Waals surface area contributed by atoms with Crippen LogP contribution >= 0.6 is 47.1 Å². The molecule has 0 aromatic heterocycles. The van der Waals surface area contributed by atoms with Crippen LogP contribution in [0.3, 0.4) is 0 Å². The lowest BCUT2D eigenvalue weighted by molar-refractivity contribution is 0.396. The van der Waals surface area contributed by atoms with Gasteiger partial charge in [-0.2, -0.15) is 5.10 Å². The van der Waals surface area contributed by atoms with Gasteiger partial charge < -0.3 is 5.32 Å². The van der Waals surface area contributed by atoms with Gasteiger partial charge in [-0.15, -0.1) is 0 Å². The first-order valence-electron chi connectivity index (χ1n) is 12.6. The van der Waals surface area contributed by atoms with Gasteiger partial charge in [-0.3, -0.25) is 4.72 Å². The Bertz CT molecular complexity index is 1130. The van der Waals surface area contributed by atoms with E-state index in [-0.39, 0.29) is 0 Å². The van der Waals surface area contributed by atoms with Crippen LogP contribution in [0.15, 0.2) is 99.9 Å². The largest absolute Gasteiger partial charge is 0.314 e. The Hall–Kier alpha value is -2.20. The molecule has 6 nitrogen and oxygen atoms in total. The number of benzene rings is 3. The van der Waals surface area contributed by atoms with Gasteiger partial charge in [-0.25, -0.2) is 14.3 Å². The van der Waals surface area contributed by atoms with Crippen LogP contribution in [0.4, 0.5) is 0 Å². The molecule has 0 unspecified atom stereocenters. The van der Waals surface area contributed by atoms with Gasteiger partial charge in [0.25, 0.3) is 0 Å². The molecule has 0 aliphatic carbocycles. The first-order chi connectivity index (χ1) is 18.7. The van der Waals surface area contributed by atoms with Gasteiger partial charge in [0.05, 0.1) is 18.8 Å². The Kier molecular flexibility index (Phi) is 12.1. The summed E-state index contributed by atoms with van der Waals surface area (Å²) < 4.78 is 5.82. The quantitative estimate of drug-likeness (QED) is 0.147. The standard InChI is InChI=1S/C22H26Cl2N6S2.C6H6/c23-18-3-1-17(2-4-18)21-9-13-30(27-21)22(28-32-20-7-5-19(24)6-8-20)26-12-16-31-29-14-10-25-11-15-29;1-2-4-6-5-3-1/h1-8,25H,9-16H2,(H,26,28);1-6H. The van der Waals surface area contributed by atoms with Crippen LogP contribution in [0, 0.1) is 0 Å². The summed E-state index contributed by atoms with van der Waals surface area (Å²) in [7, 11) is 0. The lowest BCUT2D eigenvalue weighted by Crippen LogP contribution is -2.40. The molecule has 200 valence electrons. The first-order valence-corrected chi connectivity index (χ1v) is 15.1. The van der Waals surface area contributed by atoms with E-state index in [1.807, 2.05) is 102 Å². The minimum atomic E-state index is 0.723. The van der Waals surface area contributed by atoms with Gasteiger partial charge in [-0.1, -0.05) is 83.7 Å². The number of nitrogens with one attached hydrogen (secondary N) is 2. The van der Waals surface area contributed by atoms with E-state index in [1.165, 1.54) is 11.9 Å². The van der Waals surface area contributed by atoms with Crippen molar-refractivity contribution in [2.75, 3.05) is 45.0 Å². The van der Waals surface area contributed by atoms with Gasteiger partial charge >= 0.3 is 0 Å². The highest BCUT2D eigenvalue weighted by molar-refractivity contribution is 7.98. The zero-order valence-corrected chi connectivity index (χ0v) is 24.2. The average Bonchev–Trinajstić information content (AvgIpc) is 3.46. The van der Waals surface area contributed by atoms with Crippen molar-refractivity contribution in [3.63, 3.8) is 0 Å². The van der Waals surface area contributed by atoms with Crippen molar-refractivity contribution >= 4 is 58.8 Å². The van der Waals surface area contributed by atoms with Crippen LogP contribution in [0.25, 0.3) is 0 Å². The number of hydrazone groups is 1. The number of hydrogen-bond donors (Lipinski definition) is 2. The van der Waals surface area contributed by atoms with E-state index in [2.05, 4.69) is 14.3 Å². The van der Waals surface area contributed by atoms with E-state index in [0.29, 0.717) is 0 Å². The summed E-state index contributed by atoms with van der Waals surface area (Å²) in [5.74, 6) is 1.72. The number of nitrogens with zero attached hydrogens (tertiary/aromatic N) is 4. The minimum Gasteiger partial charge on any atom is -0.314 e. The molecule has 0 spiro atoms. The first kappa shape index (κ1) is 28.8. The summed E-state index contributed by atoms with van der Waals surface area (Å²) in [6.45, 7) is 5.77. The summed E-state index contributed by atoms with van der Waals surface area (Å²) in [4.78, 5) is 5.93. The molecule has 2 aliphatic rings. The normalized spacial score (nSPS) is 16.0. The predicted octanol–water partition coefficient (Wildman–Crippen LogP) is 6.30. The van der Waals surface area contributed by atoms with Crippen molar-refractivity contribution < 1.29 is 0 Å². The maximum atomic E-state index is 6.03. The highest BCUT2D eigenvalue weighted by Crippen LogP contribution is 2.21. The SMILES string of the molecule is Clc1ccc(SNC(=NCCSN2CCNCC2)N2CCC(c3ccc(Cl)cc3)=N2)cc1.c1ccccc1. The monoisotopic (exact) mass is 586 g/mol. The molecule has 3 aromatic carbocycles. The fourth-order valence-electron chi connectivity index (χ4n) is 3.71. The molecule has 1 fully saturated rings. The molecule has 38 heavy (non-hydrogen) atoms. The van der Waals surface area contributed by atoms with Gasteiger partial charge in [0, 0.05) is 53.3 Å². The van der Waals surface area contributed by atoms with Crippen molar-refractivity contribution in [2.24, 2.45) is 10.1 Å². The number of aliphatic imine (C=N–C) groups is 1. The molecule has 3 aromatic rings. The molecule has 10 heteroatoms. The third-order valence-corrected chi connectivity index (χ3v) is 8.06. The van der Waals surface area contributed by atoms with Crippen molar-refractivity contribution in [1.82, 2.24) is 19.4 Å². The summed E-state index contributed by atoms with van der Waals surface area (Å²) in [5, 5.41) is 11.6. The molecule has 1 saturated heterocycles. The van der Waals surface area contributed by atoms with E-state index in [0.717, 1.165) is 83.6 Å². The number of guanidine groups is 1. The molecule has 0 bridgehead atoms. The maximum Gasteiger partial charge on any atom is 0.225 e. The molecule has 2 N–H and O–H groups in total. The van der Waals surface area contributed by atoms with E-state index in [9.17, 15) is 0 Å². The summed E-state index contributed by atoms with van der Waals surface area (Å²) in [5.41, 5.74) is 2.14. The van der Waals surface area contributed by atoms with Gasteiger partial charge in [0.15, 0.2) is 0 Å². The smallest absolute Gasteiger partial charge is 0.225 e. The maximum absolute atomic E-state index is 6.03. The predicted molar refractivity (Wildman–Crippen MR) is 165 cm³/mol. The second-order valence-corrected chi connectivity index (χ2v) is 11.4. The second kappa shape index (κ2) is 16.0. The summed E-state index contributed by atoms with van der Waals surface area (Å²) in [6, 6.07) is 27.6. The van der Waals surface area contributed by atoms with Crippen molar-refractivity contribution in [2.45, 2.75) is 11.3 Å². The van der Waals surface area contributed by atoms with Gasteiger partial charge in [0.1, 0.15) is 0 Å². The fourth-order valence-corrected chi connectivity index (χ4v) is 5.48. The van der Waals surface area contributed by atoms with Gasteiger partial charge in [-0.05, 0) is 53.9 Å². The molecule has 0 amide bonds. The molecule has 0 radical (unpaired) electrons. The topological polar surface area (TPSA) is 55.3 Å². The molecule has 5 rings (SSSR count). The van der Waals surface area contributed by atoms with Crippen molar-refractivity contribution in [1.29, 1.82) is 0 Å². The Morgan fingerprint density at radius 1 is 0.868 bits per heavy atom. The second-order valence-electron chi connectivity index (χ2n) is 8.46. The highest BCUT2D eigenvalue weighted by atomic mass is 35.5. The Balaban J connectivity index is 0.000000494. The molecular weight excluding hydrogens is 555 g/mol. The lowest BCUT2D eigenvalue weighted by atomic mass is 10.1. The minimum absolute atomic E-state index is 0.723. The van der Waals surface area contributed by atoms with Crippen LogP contribution in [-0.4, -0.2) is 66.0 Å². The number of rotatable bonds is 7. The van der Waals surface area contributed by atoms with Crippen molar-refractivity contribution in [3.05, 3.63) is 101 Å². The fraction of sp³-hybridized carbons (Fsp3) is 0.286. The van der Waals surface area contributed by atoms with E-state index < -0.39 is 0 Å². The Labute approximate surface area is 244 Å².